The first kappa shape index (κ1) is 19.4. The van der Waals surface area contributed by atoms with Gasteiger partial charge < -0.3 is 14.7 Å². The fourth-order valence-electron chi connectivity index (χ4n) is 5.32. The summed E-state index contributed by atoms with van der Waals surface area (Å²) in [6.07, 6.45) is 6.66. The first-order chi connectivity index (χ1) is 13.6. The van der Waals surface area contributed by atoms with Gasteiger partial charge in [-0.25, -0.2) is 0 Å². The molecule has 1 aromatic rings. The minimum Gasteiger partial charge on any atom is -0.360 e. The Morgan fingerprint density at radius 1 is 0.964 bits per heavy atom. The van der Waals surface area contributed by atoms with Crippen molar-refractivity contribution >= 4 is 17.4 Å². The van der Waals surface area contributed by atoms with Crippen LogP contribution < -0.4 is 9.80 Å². The summed E-state index contributed by atoms with van der Waals surface area (Å²) in [5, 5.41) is 0. The second kappa shape index (κ2) is 8.64. The van der Waals surface area contributed by atoms with Crippen molar-refractivity contribution in [1.82, 2.24) is 4.90 Å². The summed E-state index contributed by atoms with van der Waals surface area (Å²) < 4.78 is 0. The fraction of sp³-hybridized carbons (Fsp3) is 0.652. The van der Waals surface area contributed by atoms with Gasteiger partial charge in [-0.1, -0.05) is 19.3 Å². The normalized spacial score (nSPS) is 26.0. The highest BCUT2D eigenvalue weighted by Crippen LogP contribution is 2.35. The van der Waals surface area contributed by atoms with Crippen molar-refractivity contribution in [1.29, 1.82) is 0 Å². The van der Waals surface area contributed by atoms with Gasteiger partial charge in [-0.15, -0.1) is 0 Å². The summed E-state index contributed by atoms with van der Waals surface area (Å²) in [6.45, 7) is 8.16. The first-order valence-electron chi connectivity index (χ1n) is 11.1. The lowest BCUT2D eigenvalue weighted by Gasteiger charge is -2.41. The summed E-state index contributed by atoms with van der Waals surface area (Å²) in [4.78, 5) is 30.2. The van der Waals surface area contributed by atoms with Crippen molar-refractivity contribution < 1.29 is 14.5 Å². The van der Waals surface area contributed by atoms with Gasteiger partial charge in [0.2, 0.25) is 0 Å². The molecule has 4 rings (SSSR count). The second-order valence-electron chi connectivity index (χ2n) is 8.95. The Hall–Kier alpha value is -1.88. The lowest BCUT2D eigenvalue weighted by Crippen LogP contribution is -3.16. The quantitative estimate of drug-likeness (QED) is 0.803. The van der Waals surface area contributed by atoms with Crippen LogP contribution in [0.5, 0.6) is 0 Å². The van der Waals surface area contributed by atoms with E-state index in [-0.39, 0.29) is 5.78 Å². The molecule has 0 aromatic heterocycles. The zero-order chi connectivity index (χ0) is 19.5. The molecule has 28 heavy (non-hydrogen) atoms. The number of rotatable bonds is 4. The minimum atomic E-state index is 0.108. The van der Waals surface area contributed by atoms with E-state index in [1.807, 2.05) is 24.3 Å². The predicted octanol–water partition coefficient (Wildman–Crippen LogP) is 1.63. The van der Waals surface area contributed by atoms with Gasteiger partial charge in [-0.05, 0) is 55.9 Å². The van der Waals surface area contributed by atoms with Crippen molar-refractivity contribution in [2.75, 3.05) is 50.7 Å². The van der Waals surface area contributed by atoms with Crippen molar-refractivity contribution in [3.63, 3.8) is 0 Å². The molecule has 2 heterocycles. The number of piperazine rings is 1. The number of carbonyl (C=O) groups excluding carboxylic acids is 2. The van der Waals surface area contributed by atoms with E-state index in [0.717, 1.165) is 56.7 Å². The number of nitrogens with zero attached hydrogens (tertiary/aromatic N) is 2. The summed E-state index contributed by atoms with van der Waals surface area (Å²) in [5.41, 5.74) is 1.94. The molecular formula is C23H34N3O2+. The van der Waals surface area contributed by atoms with Crippen LogP contribution in [0.4, 0.5) is 5.69 Å². The van der Waals surface area contributed by atoms with Gasteiger partial charge in [-0.3, -0.25) is 9.59 Å². The molecule has 1 N–H and O–H groups in total. The number of carbonyl (C=O) groups is 2. The van der Waals surface area contributed by atoms with Crippen LogP contribution in [0.25, 0.3) is 0 Å². The predicted molar refractivity (Wildman–Crippen MR) is 111 cm³/mol. The van der Waals surface area contributed by atoms with Crippen molar-refractivity contribution in [3.8, 4) is 0 Å². The van der Waals surface area contributed by atoms with Crippen molar-refractivity contribution in [2.24, 2.45) is 11.8 Å². The molecule has 2 aliphatic heterocycles. The Kier molecular flexibility index (Phi) is 6.00. The summed E-state index contributed by atoms with van der Waals surface area (Å²) >= 11 is 0. The average Bonchev–Trinajstić information content (AvgIpc) is 2.74. The highest BCUT2D eigenvalue weighted by atomic mass is 16.2. The number of quaternary nitrogens is 1. The van der Waals surface area contributed by atoms with Gasteiger partial charge in [0.1, 0.15) is 0 Å². The standard InChI is InChI=1S/C23H33N3O2/c1-18(27)19-6-8-22(9-7-19)25-14-12-24(13-15-25)17-23(28)26-11-10-20-4-2-3-5-21(20)16-26/h6-9,20-21H,2-5,10-17H2,1H3/p+1/t20-,21+/m1/s1. The number of likely N-dealkylation sites (tertiary alicyclic amines) is 1. The fourth-order valence-corrected chi connectivity index (χ4v) is 5.32. The maximum Gasteiger partial charge on any atom is 0.277 e. The van der Waals surface area contributed by atoms with Gasteiger partial charge in [0, 0.05) is 24.3 Å². The first-order valence-corrected chi connectivity index (χ1v) is 11.1. The van der Waals surface area contributed by atoms with Gasteiger partial charge in [0.05, 0.1) is 26.2 Å². The van der Waals surface area contributed by atoms with E-state index in [0.29, 0.717) is 12.5 Å². The summed E-state index contributed by atoms with van der Waals surface area (Å²) in [6, 6.07) is 7.91. The molecule has 3 aliphatic rings. The molecular weight excluding hydrogens is 350 g/mol. The van der Waals surface area contributed by atoms with E-state index in [2.05, 4.69) is 9.80 Å². The highest BCUT2D eigenvalue weighted by Gasteiger charge is 2.34. The van der Waals surface area contributed by atoms with Gasteiger partial charge >= 0.3 is 0 Å². The Morgan fingerprint density at radius 2 is 1.64 bits per heavy atom. The molecule has 2 atom stereocenters. The third kappa shape index (κ3) is 4.40. The topological polar surface area (TPSA) is 45.1 Å². The van der Waals surface area contributed by atoms with Gasteiger partial charge in [0.15, 0.2) is 12.3 Å². The van der Waals surface area contributed by atoms with Crippen LogP contribution in [0.2, 0.25) is 0 Å². The Bertz CT molecular complexity index is 694. The number of hydrogen-bond donors (Lipinski definition) is 1. The number of Topliss-reactive ketones (excluding diaryl/α,β-unsaturated/α-hetero) is 1. The zero-order valence-electron chi connectivity index (χ0n) is 17.2. The Balaban J connectivity index is 1.25. The van der Waals surface area contributed by atoms with E-state index in [1.165, 1.54) is 42.7 Å². The molecule has 5 nitrogen and oxygen atoms in total. The SMILES string of the molecule is CC(=O)c1ccc(N2CC[NH+](CC(=O)N3CC[C@H]4CCCC[C@H]4C3)CC2)cc1. The molecule has 3 fully saturated rings. The van der Waals surface area contributed by atoms with E-state index in [9.17, 15) is 9.59 Å². The van der Waals surface area contributed by atoms with Crippen LogP contribution in [0.3, 0.4) is 0 Å². The number of ketones is 1. The number of nitrogens with one attached hydrogen (secondary N) is 1. The average molecular weight is 385 g/mol. The number of fused-ring (bicyclic) bond motifs is 1. The monoisotopic (exact) mass is 384 g/mol. The van der Waals surface area contributed by atoms with E-state index < -0.39 is 0 Å². The minimum absolute atomic E-state index is 0.108. The zero-order valence-corrected chi connectivity index (χ0v) is 17.2. The number of piperidine rings is 1. The molecule has 1 saturated carbocycles. The molecule has 0 unspecified atom stereocenters. The molecule has 1 aromatic carbocycles. The van der Waals surface area contributed by atoms with E-state index in [4.69, 9.17) is 0 Å². The maximum atomic E-state index is 12.9. The highest BCUT2D eigenvalue weighted by molar-refractivity contribution is 5.94. The lowest BCUT2D eigenvalue weighted by molar-refractivity contribution is -0.892. The molecule has 0 bridgehead atoms. The largest absolute Gasteiger partial charge is 0.360 e. The molecule has 1 amide bonds. The van der Waals surface area contributed by atoms with Crippen LogP contribution >= 0.6 is 0 Å². The molecule has 0 radical (unpaired) electrons. The van der Waals surface area contributed by atoms with Crippen molar-refractivity contribution in [2.45, 2.75) is 39.0 Å². The molecule has 2 saturated heterocycles. The summed E-state index contributed by atoms with van der Waals surface area (Å²) in [7, 11) is 0. The van der Waals surface area contributed by atoms with Crippen LogP contribution in [-0.2, 0) is 4.79 Å². The van der Waals surface area contributed by atoms with Gasteiger partial charge in [0.25, 0.3) is 5.91 Å². The van der Waals surface area contributed by atoms with E-state index >= 15 is 0 Å². The second-order valence-corrected chi connectivity index (χ2v) is 8.95. The number of hydrogen-bond acceptors (Lipinski definition) is 3. The van der Waals surface area contributed by atoms with E-state index in [1.54, 1.807) is 6.92 Å². The molecule has 1 aliphatic carbocycles. The molecule has 0 spiro atoms. The lowest BCUT2D eigenvalue weighted by atomic mass is 9.75. The third-order valence-corrected chi connectivity index (χ3v) is 7.15. The summed E-state index contributed by atoms with van der Waals surface area (Å²) in [5.74, 6) is 2.11. The smallest absolute Gasteiger partial charge is 0.277 e. The van der Waals surface area contributed by atoms with Crippen LogP contribution in [-0.4, -0.2) is 62.4 Å². The van der Waals surface area contributed by atoms with Gasteiger partial charge in [-0.2, -0.15) is 0 Å². The third-order valence-electron chi connectivity index (χ3n) is 7.15. The number of benzene rings is 1. The molecule has 152 valence electrons. The Labute approximate surface area is 168 Å². The van der Waals surface area contributed by atoms with Crippen LogP contribution in [0, 0.1) is 11.8 Å². The van der Waals surface area contributed by atoms with Crippen molar-refractivity contribution in [3.05, 3.63) is 29.8 Å². The van der Waals surface area contributed by atoms with Crippen LogP contribution in [0.1, 0.15) is 49.4 Å². The number of amides is 1. The maximum absolute atomic E-state index is 12.9. The molecule has 5 heteroatoms. The number of anilines is 1. The van der Waals surface area contributed by atoms with Crippen LogP contribution in [0.15, 0.2) is 24.3 Å². The Morgan fingerprint density at radius 3 is 2.32 bits per heavy atom.